The Morgan fingerprint density at radius 1 is 1.05 bits per heavy atom. The molecule has 1 aromatic carbocycles. The summed E-state index contributed by atoms with van der Waals surface area (Å²) in [5, 5.41) is 5.99. The lowest BCUT2D eigenvalue weighted by molar-refractivity contribution is -0.274. The van der Waals surface area contributed by atoms with Gasteiger partial charge in [-0.25, -0.2) is 18.7 Å². The van der Waals surface area contributed by atoms with E-state index in [1.807, 2.05) is 4.72 Å². The van der Waals surface area contributed by atoms with Crippen LogP contribution in [0.3, 0.4) is 0 Å². The highest BCUT2D eigenvalue weighted by Crippen LogP contribution is 2.47. The van der Waals surface area contributed by atoms with E-state index in [0.29, 0.717) is 30.0 Å². The van der Waals surface area contributed by atoms with E-state index in [1.54, 1.807) is 55.4 Å². The average molecular weight is 800 g/mol. The lowest BCUT2D eigenvalue weighted by atomic mass is 9.85. The minimum absolute atomic E-state index is 0.00687. The number of nitrogens with zero attached hydrogens (tertiary/aromatic N) is 2. The Kier molecular flexibility index (Phi) is 11.1. The molecule has 2 aromatic rings. The third kappa shape index (κ3) is 10.3. The van der Waals surface area contributed by atoms with Crippen LogP contribution in [-0.4, -0.2) is 90.0 Å². The number of amides is 4. The summed E-state index contributed by atoms with van der Waals surface area (Å²) in [6.45, 7) is 13.3. The average Bonchev–Trinajstić information content (AvgIpc) is 3.89. The molecule has 5 atom stereocenters. The van der Waals surface area contributed by atoms with Gasteiger partial charge in [0.2, 0.25) is 17.7 Å². The Labute approximate surface area is 317 Å². The van der Waals surface area contributed by atoms with Crippen LogP contribution in [0.5, 0.6) is 11.6 Å². The molecular formula is C36H48F3N5O10S. The van der Waals surface area contributed by atoms with Gasteiger partial charge < -0.3 is 29.7 Å². The number of rotatable bonds is 12. The van der Waals surface area contributed by atoms with Crippen molar-refractivity contribution in [1.82, 2.24) is 25.2 Å². The molecule has 5 rings (SSSR count). The monoisotopic (exact) mass is 799 g/mol. The molecule has 1 aromatic heterocycles. The topological polar surface area (TPSA) is 192 Å². The van der Waals surface area contributed by atoms with Gasteiger partial charge in [-0.2, -0.15) is 8.42 Å². The summed E-state index contributed by atoms with van der Waals surface area (Å²) in [7, 11) is -4.51. The Bertz CT molecular complexity index is 1940. The SMILES string of the molecule is CC[C@@H]1C[C@]1(NC(=O)[C@@H]1C[C@H](Oc2nccc3cc(OC(F)(F)F)ccc23)CN1C(=O)[C@@H](NC(=O)OC(C)(C)C)C(C)(C)C)C(=O)NS(=O)(=O)OC1(C)CC1. The molecule has 0 bridgehead atoms. The number of alkyl halides is 3. The van der Waals surface area contributed by atoms with Gasteiger partial charge in [-0.15, -0.1) is 13.2 Å². The van der Waals surface area contributed by atoms with E-state index in [9.17, 15) is 40.8 Å². The molecule has 3 N–H and O–H groups in total. The number of benzene rings is 1. The smallest absolute Gasteiger partial charge is 0.472 e. The number of pyridine rings is 1. The molecular weight excluding hydrogens is 751 g/mol. The van der Waals surface area contributed by atoms with Gasteiger partial charge in [0.05, 0.1) is 12.1 Å². The quantitative estimate of drug-likeness (QED) is 0.271. The maximum Gasteiger partial charge on any atom is 0.573 e. The van der Waals surface area contributed by atoms with Crippen molar-refractivity contribution in [1.29, 1.82) is 0 Å². The molecule has 0 unspecified atom stereocenters. The summed E-state index contributed by atoms with van der Waals surface area (Å²) in [5.41, 5.74) is -4.32. The number of nitrogens with one attached hydrogen (secondary N) is 3. The molecule has 0 spiro atoms. The van der Waals surface area contributed by atoms with Gasteiger partial charge in [-0.1, -0.05) is 34.1 Å². The van der Waals surface area contributed by atoms with Crippen molar-refractivity contribution in [3.8, 4) is 11.6 Å². The van der Waals surface area contributed by atoms with Crippen LogP contribution < -0.4 is 24.8 Å². The maximum absolute atomic E-state index is 14.5. The molecule has 15 nitrogen and oxygen atoms in total. The van der Waals surface area contributed by atoms with Crippen molar-refractivity contribution in [2.45, 2.75) is 129 Å². The number of aromatic nitrogens is 1. The van der Waals surface area contributed by atoms with Crippen LogP contribution in [0.25, 0.3) is 10.8 Å². The van der Waals surface area contributed by atoms with Gasteiger partial charge in [-0.3, -0.25) is 14.4 Å². The zero-order chi connectivity index (χ0) is 40.9. The fourth-order valence-electron chi connectivity index (χ4n) is 6.56. The van der Waals surface area contributed by atoms with E-state index in [0.717, 1.165) is 12.1 Å². The lowest BCUT2D eigenvalue weighted by Gasteiger charge is -2.36. The fourth-order valence-corrected chi connectivity index (χ4v) is 7.70. The molecule has 2 heterocycles. The van der Waals surface area contributed by atoms with Crippen molar-refractivity contribution >= 4 is 44.9 Å². The molecule has 0 radical (unpaired) electrons. The van der Waals surface area contributed by atoms with Gasteiger partial charge in [0.1, 0.15) is 35.1 Å². The summed E-state index contributed by atoms with van der Waals surface area (Å²) in [4.78, 5) is 60.7. The van der Waals surface area contributed by atoms with E-state index >= 15 is 0 Å². The molecule has 304 valence electrons. The van der Waals surface area contributed by atoms with Crippen molar-refractivity contribution in [2.24, 2.45) is 11.3 Å². The normalized spacial score (nSPS) is 24.1. The first-order valence-electron chi connectivity index (χ1n) is 17.9. The number of fused-ring (bicyclic) bond motifs is 1. The van der Waals surface area contributed by atoms with Crippen LogP contribution in [0.15, 0.2) is 30.5 Å². The van der Waals surface area contributed by atoms with Crippen LogP contribution in [-0.2, 0) is 33.6 Å². The predicted octanol–water partition coefficient (Wildman–Crippen LogP) is 4.64. The van der Waals surface area contributed by atoms with Gasteiger partial charge >= 0.3 is 22.8 Å². The summed E-state index contributed by atoms with van der Waals surface area (Å²) in [5.74, 6) is -3.30. The van der Waals surface area contributed by atoms with Crippen molar-refractivity contribution in [2.75, 3.05) is 6.54 Å². The predicted molar refractivity (Wildman–Crippen MR) is 191 cm³/mol. The molecule has 3 aliphatic rings. The summed E-state index contributed by atoms with van der Waals surface area (Å²) >= 11 is 0. The molecule has 1 saturated heterocycles. The molecule has 1 aliphatic heterocycles. The lowest BCUT2D eigenvalue weighted by Crippen LogP contribution is -2.60. The number of alkyl carbamates (subject to hydrolysis) is 1. The number of hydrogen-bond donors (Lipinski definition) is 3. The molecule has 4 amide bonds. The maximum atomic E-state index is 14.5. The number of carbonyl (C=O) groups excluding carboxylic acids is 4. The molecule has 55 heavy (non-hydrogen) atoms. The van der Waals surface area contributed by atoms with Crippen LogP contribution >= 0.6 is 0 Å². The number of hydrogen-bond acceptors (Lipinski definition) is 11. The highest BCUT2D eigenvalue weighted by Gasteiger charge is 2.62. The van der Waals surface area contributed by atoms with Crippen LogP contribution in [0.2, 0.25) is 0 Å². The van der Waals surface area contributed by atoms with Crippen molar-refractivity contribution in [3.05, 3.63) is 30.5 Å². The first-order valence-corrected chi connectivity index (χ1v) is 19.3. The minimum atomic E-state index is -4.91. The van der Waals surface area contributed by atoms with Gasteiger partial charge in [0, 0.05) is 18.0 Å². The Balaban J connectivity index is 1.44. The minimum Gasteiger partial charge on any atom is -0.472 e. The van der Waals surface area contributed by atoms with Gasteiger partial charge in [0.25, 0.3) is 5.91 Å². The number of halogens is 3. The standard InChI is InChI=1S/C36H48F3N5O10S/c1-9-21-18-35(21,30(47)43-55(49,50)54-34(8)13-14-34)42-27(45)25-17-23(19-44(25)29(46)26(32(2,3)4)41-31(48)53-33(5,6)7)51-28-24-11-10-22(52-36(37,38)39)16-20(24)12-15-40-28/h10-12,15-16,21,23,25-26H,9,13-14,17-19H2,1-8H3,(H,41,48)(H,42,45)(H,43,47)/t21-,23+,25+,26-,35-/m1/s1. The van der Waals surface area contributed by atoms with Gasteiger partial charge in [-0.05, 0) is 87.9 Å². The summed E-state index contributed by atoms with van der Waals surface area (Å²) in [6.07, 6.45) is -3.98. The molecule has 2 saturated carbocycles. The molecule has 19 heteroatoms. The zero-order valence-corrected chi connectivity index (χ0v) is 32.8. The summed E-state index contributed by atoms with van der Waals surface area (Å²) < 4.78 is 86.9. The third-order valence-corrected chi connectivity index (χ3v) is 10.7. The van der Waals surface area contributed by atoms with Gasteiger partial charge in [0.15, 0.2) is 0 Å². The van der Waals surface area contributed by atoms with E-state index in [2.05, 4.69) is 20.4 Å². The first-order chi connectivity index (χ1) is 25.2. The Morgan fingerprint density at radius 3 is 2.29 bits per heavy atom. The summed E-state index contributed by atoms with van der Waals surface area (Å²) in [6, 6.07) is 2.56. The van der Waals surface area contributed by atoms with E-state index in [1.165, 1.54) is 23.2 Å². The van der Waals surface area contributed by atoms with Crippen LogP contribution in [0.1, 0.15) is 87.5 Å². The van der Waals surface area contributed by atoms with Crippen LogP contribution in [0.4, 0.5) is 18.0 Å². The van der Waals surface area contributed by atoms with Crippen LogP contribution in [0, 0.1) is 11.3 Å². The number of likely N-dealkylation sites (tertiary alicyclic amines) is 1. The van der Waals surface area contributed by atoms with E-state index in [-0.39, 0.29) is 25.3 Å². The second-order valence-electron chi connectivity index (χ2n) is 16.7. The van der Waals surface area contributed by atoms with E-state index < -0.39 is 92.5 Å². The third-order valence-electron chi connectivity index (χ3n) is 9.67. The highest BCUT2D eigenvalue weighted by molar-refractivity contribution is 7.85. The Morgan fingerprint density at radius 2 is 1.73 bits per heavy atom. The molecule has 3 fully saturated rings. The first kappa shape index (κ1) is 41.8. The second kappa shape index (κ2) is 14.6. The number of carbonyl (C=O) groups is 4. The fraction of sp³-hybridized carbons (Fsp3) is 0.639. The number of ether oxygens (including phenoxy) is 3. The van der Waals surface area contributed by atoms with Crippen molar-refractivity contribution in [3.63, 3.8) is 0 Å². The second-order valence-corrected chi connectivity index (χ2v) is 17.9. The Hall–Kier alpha value is -4.39. The van der Waals surface area contributed by atoms with Crippen molar-refractivity contribution < 1.29 is 59.2 Å². The highest BCUT2D eigenvalue weighted by atomic mass is 32.2. The molecule has 2 aliphatic carbocycles. The largest absolute Gasteiger partial charge is 0.573 e. The van der Waals surface area contributed by atoms with E-state index in [4.69, 9.17) is 13.7 Å². The zero-order valence-electron chi connectivity index (χ0n) is 32.0.